The maximum atomic E-state index is 13.2. The van der Waals surface area contributed by atoms with Crippen LogP contribution in [-0.4, -0.2) is 74.2 Å². The minimum Gasteiger partial charge on any atom is -0.355 e. The van der Waals surface area contributed by atoms with Gasteiger partial charge in [0.15, 0.2) is 5.78 Å². The van der Waals surface area contributed by atoms with Gasteiger partial charge < -0.3 is 26.2 Å². The molecule has 1 rings (SSSR count). The summed E-state index contributed by atoms with van der Waals surface area (Å²) in [6.45, 7) is 22.3. The Morgan fingerprint density at radius 2 is 1.48 bits per heavy atom. The second-order valence-electron chi connectivity index (χ2n) is 10.9. The Balaban J connectivity index is -0.000000355. The molecule has 0 aromatic rings. The molecule has 0 aromatic heterocycles. The van der Waals surface area contributed by atoms with Crippen LogP contribution < -0.4 is 21.3 Å². The van der Waals surface area contributed by atoms with Gasteiger partial charge in [-0.05, 0) is 57.8 Å². The second kappa shape index (κ2) is 45.1. The van der Waals surface area contributed by atoms with Crippen LogP contribution in [0.25, 0.3) is 0 Å². The highest BCUT2D eigenvalue weighted by Crippen LogP contribution is 2.22. The number of Topliss-reactive ketones (excluding diaryl/α,β-unsaturated/α-hetero) is 1. The largest absolute Gasteiger partial charge is 0.355 e. The lowest BCUT2D eigenvalue weighted by Gasteiger charge is -2.30. The Morgan fingerprint density at radius 3 is 1.88 bits per heavy atom. The number of rotatable bonds is 15. The quantitative estimate of drug-likeness (QED) is 0.0605. The van der Waals surface area contributed by atoms with Gasteiger partial charge in [-0.15, -0.1) is 18.9 Å². The van der Waals surface area contributed by atoms with Gasteiger partial charge in [-0.1, -0.05) is 98.6 Å². The SMILES string of the molecule is C#CCCC(NC(=O)CCCCN(C)C(=O)C(NC(=O)NC)C1CC/C=C\C=C/CC1)C(C)=O.C=CCNC=O.CC.CC.CCC.CCC. The van der Waals surface area contributed by atoms with Crippen LogP contribution in [-0.2, 0) is 19.2 Å². The number of allylic oxidation sites excluding steroid dienone is 4. The summed E-state index contributed by atoms with van der Waals surface area (Å²) in [7, 11) is 3.25. The molecule has 4 N–H and O–H groups in total. The fourth-order valence-corrected chi connectivity index (χ4v) is 4.03. The maximum absolute atomic E-state index is 13.2. The van der Waals surface area contributed by atoms with E-state index in [-0.39, 0.29) is 36.0 Å². The Labute approximate surface area is 307 Å². The van der Waals surface area contributed by atoms with Crippen LogP contribution in [0.5, 0.6) is 0 Å². The zero-order valence-corrected chi connectivity index (χ0v) is 33.7. The topological polar surface area (TPSA) is 137 Å². The third-order valence-electron chi connectivity index (χ3n) is 6.32. The van der Waals surface area contributed by atoms with Crippen molar-refractivity contribution in [3.05, 3.63) is 37.0 Å². The molecule has 0 heterocycles. The van der Waals surface area contributed by atoms with Gasteiger partial charge in [0.25, 0.3) is 0 Å². The van der Waals surface area contributed by atoms with Crippen LogP contribution in [0, 0.1) is 18.3 Å². The van der Waals surface area contributed by atoms with Crippen LogP contribution in [0.4, 0.5) is 4.79 Å². The first kappa shape index (κ1) is 55.5. The first-order valence-electron chi connectivity index (χ1n) is 18.6. The average Bonchev–Trinajstić information content (AvgIpc) is 3.26. The fourth-order valence-electron chi connectivity index (χ4n) is 4.03. The molecule has 0 aromatic carbocycles. The van der Waals surface area contributed by atoms with Gasteiger partial charge in [0.1, 0.15) is 6.04 Å². The molecule has 0 radical (unpaired) electrons. The van der Waals surface area contributed by atoms with Crippen molar-refractivity contribution in [1.82, 2.24) is 26.2 Å². The molecular weight excluding hydrogens is 630 g/mol. The number of nitrogens with zero attached hydrogens (tertiary/aromatic N) is 1. The summed E-state index contributed by atoms with van der Waals surface area (Å²) < 4.78 is 0. The number of nitrogens with one attached hydrogen (secondary N) is 4. The van der Waals surface area contributed by atoms with E-state index in [0.717, 1.165) is 25.7 Å². The summed E-state index contributed by atoms with van der Waals surface area (Å²) in [5.41, 5.74) is 0. The van der Waals surface area contributed by atoms with E-state index >= 15 is 0 Å². The number of unbranched alkanes of at least 4 members (excludes halogenated alkanes) is 1. The maximum Gasteiger partial charge on any atom is 0.315 e. The molecule has 10 heteroatoms. The van der Waals surface area contributed by atoms with Crippen LogP contribution in [0.15, 0.2) is 37.0 Å². The van der Waals surface area contributed by atoms with E-state index in [1.165, 1.54) is 26.8 Å². The minimum absolute atomic E-state index is 0.0250. The second-order valence-corrected chi connectivity index (χ2v) is 10.9. The van der Waals surface area contributed by atoms with Crippen molar-refractivity contribution >= 4 is 30.0 Å². The number of terminal acetylenes is 1. The summed E-state index contributed by atoms with van der Waals surface area (Å²) in [6.07, 6.45) is 23.8. The lowest BCUT2D eigenvalue weighted by atomic mass is 9.89. The molecule has 0 spiro atoms. The normalized spacial score (nSPS) is 13.6. The first-order valence-corrected chi connectivity index (χ1v) is 18.6. The van der Waals surface area contributed by atoms with Crippen molar-refractivity contribution in [3.63, 3.8) is 0 Å². The first-order chi connectivity index (χ1) is 24.0. The van der Waals surface area contributed by atoms with Crippen molar-refractivity contribution in [1.29, 1.82) is 0 Å². The Hall–Kier alpha value is -3.87. The molecule has 0 aliphatic heterocycles. The standard InChI is InChI=1S/C26H40N4O4.C4H7NO.2C3H8.2C2H6/c1-5-6-17-22(20(2)31)28-23(32)18-13-14-19-30(4)25(33)24(29-26(34)27-3)21-15-11-9-7-8-10-12-16-21;1-2-3-5-4-6;2*1-3-2;2*1-2/h1,7-10,21-22,24H,6,11-19H2,2-4H3,(H,28,32)(H2,27,29,34);2,4H,1,3H2,(H,5,6);2*3H2,1-2H3;2*1-2H3/b9-7-,10-8-;;;;;. The molecule has 2 unspecified atom stereocenters. The van der Waals surface area contributed by atoms with Gasteiger partial charge >= 0.3 is 6.03 Å². The van der Waals surface area contributed by atoms with Crippen LogP contribution in [0.2, 0.25) is 0 Å². The average molecular weight is 706 g/mol. The molecule has 0 saturated heterocycles. The number of likely N-dealkylation sites (N-methyl/N-ethyl adjacent to an activating group) is 1. The number of amides is 5. The summed E-state index contributed by atoms with van der Waals surface area (Å²) in [4.78, 5) is 60.2. The molecule has 1 aliphatic rings. The predicted molar refractivity (Wildman–Crippen MR) is 213 cm³/mol. The van der Waals surface area contributed by atoms with Gasteiger partial charge in [-0.3, -0.25) is 19.2 Å². The highest BCUT2D eigenvalue weighted by Gasteiger charge is 2.31. The van der Waals surface area contributed by atoms with E-state index in [1.54, 1.807) is 18.0 Å². The summed E-state index contributed by atoms with van der Waals surface area (Å²) in [5.74, 6) is 2.07. The van der Waals surface area contributed by atoms with Gasteiger partial charge in [0.2, 0.25) is 18.2 Å². The molecule has 0 saturated carbocycles. The third kappa shape index (κ3) is 37.0. The van der Waals surface area contributed by atoms with E-state index in [9.17, 15) is 24.0 Å². The lowest BCUT2D eigenvalue weighted by Crippen LogP contribution is -2.53. The van der Waals surface area contributed by atoms with Crippen molar-refractivity contribution in [2.24, 2.45) is 5.92 Å². The Morgan fingerprint density at radius 1 is 0.960 bits per heavy atom. The molecule has 0 bridgehead atoms. The van der Waals surface area contributed by atoms with Gasteiger partial charge in [-0.2, -0.15) is 0 Å². The number of carbonyl (C=O) groups excluding carboxylic acids is 5. The molecule has 2 atom stereocenters. The van der Waals surface area contributed by atoms with Crippen molar-refractivity contribution < 1.29 is 24.0 Å². The molecule has 290 valence electrons. The summed E-state index contributed by atoms with van der Waals surface area (Å²) in [5, 5.41) is 10.5. The monoisotopic (exact) mass is 706 g/mol. The number of hydrogen-bond acceptors (Lipinski definition) is 5. The van der Waals surface area contributed by atoms with E-state index in [4.69, 9.17) is 6.42 Å². The van der Waals surface area contributed by atoms with Gasteiger partial charge in [-0.25, -0.2) is 4.79 Å². The smallest absolute Gasteiger partial charge is 0.315 e. The van der Waals surface area contributed by atoms with Gasteiger partial charge in [0.05, 0.1) is 6.04 Å². The van der Waals surface area contributed by atoms with Crippen LogP contribution in [0.3, 0.4) is 0 Å². The predicted octanol–water partition coefficient (Wildman–Crippen LogP) is 7.51. The number of urea groups is 1. The molecule has 0 fully saturated rings. The van der Waals surface area contributed by atoms with Crippen molar-refractivity contribution in [3.8, 4) is 12.3 Å². The number of hydrogen-bond donors (Lipinski definition) is 4. The highest BCUT2D eigenvalue weighted by atomic mass is 16.2. The summed E-state index contributed by atoms with van der Waals surface area (Å²) >= 11 is 0. The minimum atomic E-state index is -0.611. The number of carbonyl (C=O) groups is 5. The molecule has 1 aliphatic carbocycles. The third-order valence-corrected chi connectivity index (χ3v) is 6.32. The zero-order chi connectivity index (χ0) is 39.6. The van der Waals surface area contributed by atoms with Gasteiger partial charge in [0, 0.05) is 40.0 Å². The highest BCUT2D eigenvalue weighted by molar-refractivity contribution is 5.88. The Bertz CT molecular complexity index is 917. The van der Waals surface area contributed by atoms with E-state index in [2.05, 4.69) is 73.6 Å². The van der Waals surface area contributed by atoms with E-state index in [1.807, 2.05) is 39.8 Å². The van der Waals surface area contributed by atoms with E-state index in [0.29, 0.717) is 45.2 Å². The fraction of sp³-hybridized carbons (Fsp3) is 0.675. The van der Waals surface area contributed by atoms with E-state index < -0.39 is 12.1 Å². The Kier molecular flexibility index (Phi) is 50.1. The lowest BCUT2D eigenvalue weighted by molar-refractivity contribution is -0.133. The molecular formula is C40H75N5O5. The molecule has 50 heavy (non-hydrogen) atoms. The van der Waals surface area contributed by atoms with Crippen molar-refractivity contribution in [2.45, 2.75) is 145 Å². The van der Waals surface area contributed by atoms with Crippen LogP contribution >= 0.6 is 0 Å². The van der Waals surface area contributed by atoms with Crippen LogP contribution in [0.1, 0.15) is 133 Å². The number of ketones is 1. The molecule has 5 amide bonds. The summed E-state index contributed by atoms with van der Waals surface area (Å²) in [6, 6.07) is -1.54. The zero-order valence-electron chi connectivity index (χ0n) is 33.7. The molecule has 10 nitrogen and oxygen atoms in total. The van der Waals surface area contributed by atoms with Crippen molar-refractivity contribution in [2.75, 3.05) is 27.2 Å².